The minimum atomic E-state index is -0.637. The summed E-state index contributed by atoms with van der Waals surface area (Å²) in [5.74, 6) is -0.149. The van der Waals surface area contributed by atoms with Crippen molar-refractivity contribution >= 4 is 17.5 Å². The third-order valence-corrected chi connectivity index (χ3v) is 7.72. The van der Waals surface area contributed by atoms with E-state index in [-0.39, 0.29) is 17.0 Å². The molecule has 2 amide bonds. The van der Waals surface area contributed by atoms with Crippen LogP contribution in [-0.2, 0) is 11.8 Å². The number of hydrogen-bond acceptors (Lipinski definition) is 5. The lowest BCUT2D eigenvalue weighted by molar-refractivity contribution is 0.0972. The first kappa shape index (κ1) is 25.0. The van der Waals surface area contributed by atoms with Crippen molar-refractivity contribution in [2.45, 2.75) is 57.4 Å². The minimum absolute atomic E-state index is 0.0242. The van der Waals surface area contributed by atoms with Crippen LogP contribution in [0.25, 0.3) is 5.69 Å². The number of anilines is 1. The zero-order chi connectivity index (χ0) is 26.2. The molecule has 0 unspecified atom stereocenters. The van der Waals surface area contributed by atoms with Gasteiger partial charge in [0.2, 0.25) is 0 Å². The first-order valence-electron chi connectivity index (χ1n) is 13.0. The van der Waals surface area contributed by atoms with Crippen molar-refractivity contribution in [3.63, 3.8) is 0 Å². The Morgan fingerprint density at radius 1 is 1.08 bits per heavy atom. The molecule has 5 rings (SSSR count). The van der Waals surface area contributed by atoms with E-state index in [9.17, 15) is 9.59 Å². The molecule has 1 fully saturated rings. The second-order valence-corrected chi connectivity index (χ2v) is 10.6. The third kappa shape index (κ3) is 4.85. The van der Waals surface area contributed by atoms with Gasteiger partial charge in [0.05, 0.1) is 12.8 Å². The molecule has 2 aromatic carbocycles. The summed E-state index contributed by atoms with van der Waals surface area (Å²) >= 11 is 0. The predicted octanol–water partition coefficient (Wildman–Crippen LogP) is 3.99. The average Bonchev–Trinajstić information content (AvgIpc) is 3.57. The standard InChI is InChI=1S/C29H35N5O3/c1-29(2,18-31-20-6-4-5-7-20)19-8-10-21(11-9-19)33-17-16-24-25(27(30)35)32-34(26(24)28(33)36)22-12-14-23(37-3)15-13-22/h8-15,20,31H,4-7,16-18H2,1-3H3,(H2,30,35). The normalized spacial score (nSPS) is 16.2. The molecular formula is C29H35N5O3. The Balaban J connectivity index is 1.41. The zero-order valence-electron chi connectivity index (χ0n) is 21.8. The van der Waals surface area contributed by atoms with Crippen LogP contribution < -0.4 is 20.7 Å². The largest absolute Gasteiger partial charge is 0.497 e. The first-order chi connectivity index (χ1) is 17.8. The van der Waals surface area contributed by atoms with E-state index in [0.717, 1.165) is 12.2 Å². The molecule has 1 aliphatic heterocycles. The van der Waals surface area contributed by atoms with E-state index in [0.29, 0.717) is 41.7 Å². The molecule has 1 aromatic heterocycles. The van der Waals surface area contributed by atoms with Crippen molar-refractivity contribution in [2.24, 2.45) is 5.73 Å². The molecule has 3 N–H and O–H groups in total. The molecule has 8 nitrogen and oxygen atoms in total. The minimum Gasteiger partial charge on any atom is -0.497 e. The van der Waals surface area contributed by atoms with Crippen molar-refractivity contribution < 1.29 is 14.3 Å². The summed E-state index contributed by atoms with van der Waals surface area (Å²) in [7, 11) is 1.59. The number of fused-ring (bicyclic) bond motifs is 1. The maximum Gasteiger partial charge on any atom is 0.277 e. The molecule has 0 spiro atoms. The van der Waals surface area contributed by atoms with Gasteiger partial charge in [0.15, 0.2) is 5.69 Å². The molecule has 0 bridgehead atoms. The first-order valence-corrected chi connectivity index (χ1v) is 13.0. The fourth-order valence-electron chi connectivity index (χ4n) is 5.44. The zero-order valence-corrected chi connectivity index (χ0v) is 21.8. The molecule has 3 aromatic rings. The lowest BCUT2D eigenvalue weighted by atomic mass is 9.84. The number of rotatable bonds is 8. The van der Waals surface area contributed by atoms with E-state index in [1.807, 2.05) is 12.1 Å². The molecule has 2 aliphatic rings. The average molecular weight is 502 g/mol. The number of ether oxygens (including phenoxy) is 1. The van der Waals surface area contributed by atoms with Gasteiger partial charge in [-0.1, -0.05) is 38.8 Å². The summed E-state index contributed by atoms with van der Waals surface area (Å²) in [6, 6.07) is 16.1. The van der Waals surface area contributed by atoms with Crippen LogP contribution in [-0.4, -0.2) is 47.8 Å². The van der Waals surface area contributed by atoms with Gasteiger partial charge in [-0.3, -0.25) is 9.59 Å². The number of hydrogen-bond donors (Lipinski definition) is 2. The topological polar surface area (TPSA) is 102 Å². The Labute approximate surface area is 217 Å². The predicted molar refractivity (Wildman–Crippen MR) is 144 cm³/mol. The molecule has 0 radical (unpaired) electrons. The van der Waals surface area contributed by atoms with Crippen molar-refractivity contribution in [3.8, 4) is 11.4 Å². The molecule has 1 aliphatic carbocycles. The van der Waals surface area contributed by atoms with E-state index in [4.69, 9.17) is 10.5 Å². The summed E-state index contributed by atoms with van der Waals surface area (Å²) in [6.45, 7) is 5.87. The Hall–Kier alpha value is -3.65. The van der Waals surface area contributed by atoms with Crippen LogP contribution in [0.15, 0.2) is 48.5 Å². The van der Waals surface area contributed by atoms with Gasteiger partial charge in [-0.15, -0.1) is 0 Å². The summed E-state index contributed by atoms with van der Waals surface area (Å²) in [6.07, 6.45) is 5.65. The van der Waals surface area contributed by atoms with E-state index in [1.54, 1.807) is 36.3 Å². The molecule has 8 heteroatoms. The number of methoxy groups -OCH3 is 1. The van der Waals surface area contributed by atoms with Crippen LogP contribution in [0.4, 0.5) is 5.69 Å². The number of amides is 2. The van der Waals surface area contributed by atoms with Gasteiger partial charge in [0, 0.05) is 35.8 Å². The lowest BCUT2D eigenvalue weighted by Crippen LogP contribution is -2.39. The number of aromatic nitrogens is 2. The Bertz CT molecular complexity index is 1290. The highest BCUT2D eigenvalue weighted by Crippen LogP contribution is 2.31. The number of carbonyl (C=O) groups is 2. The van der Waals surface area contributed by atoms with Crippen LogP contribution in [0, 0.1) is 0 Å². The number of nitrogens with one attached hydrogen (secondary N) is 1. The van der Waals surface area contributed by atoms with E-state index in [1.165, 1.54) is 35.9 Å². The maximum atomic E-state index is 13.8. The second-order valence-electron chi connectivity index (χ2n) is 10.6. The van der Waals surface area contributed by atoms with Crippen molar-refractivity contribution in [1.82, 2.24) is 15.1 Å². The molecule has 37 heavy (non-hydrogen) atoms. The molecule has 2 heterocycles. The van der Waals surface area contributed by atoms with E-state index < -0.39 is 5.91 Å². The SMILES string of the molecule is COc1ccc(-n2nc(C(N)=O)c3c2C(=O)N(c2ccc(C(C)(C)CNC4CCCC4)cc2)CC3)cc1. The third-order valence-electron chi connectivity index (χ3n) is 7.72. The van der Waals surface area contributed by atoms with E-state index in [2.05, 4.69) is 36.4 Å². The van der Waals surface area contributed by atoms with Gasteiger partial charge in [0.1, 0.15) is 11.4 Å². The smallest absolute Gasteiger partial charge is 0.277 e. The van der Waals surface area contributed by atoms with Crippen LogP contribution in [0.3, 0.4) is 0 Å². The van der Waals surface area contributed by atoms with Gasteiger partial charge >= 0.3 is 0 Å². The van der Waals surface area contributed by atoms with Crippen molar-refractivity contribution in [1.29, 1.82) is 0 Å². The van der Waals surface area contributed by atoms with Crippen LogP contribution in [0.2, 0.25) is 0 Å². The lowest BCUT2D eigenvalue weighted by Gasteiger charge is -2.30. The molecule has 1 saturated carbocycles. The summed E-state index contributed by atoms with van der Waals surface area (Å²) in [4.78, 5) is 27.7. The number of primary amides is 1. The summed E-state index contributed by atoms with van der Waals surface area (Å²) < 4.78 is 6.77. The highest BCUT2D eigenvalue weighted by molar-refractivity contribution is 6.09. The maximum absolute atomic E-state index is 13.8. The number of nitrogens with zero attached hydrogens (tertiary/aromatic N) is 3. The fraction of sp³-hybridized carbons (Fsp3) is 0.414. The van der Waals surface area contributed by atoms with Gasteiger partial charge in [0.25, 0.3) is 11.8 Å². The number of benzene rings is 2. The molecule has 194 valence electrons. The van der Waals surface area contributed by atoms with Crippen molar-refractivity contribution in [3.05, 3.63) is 71.0 Å². The molecule has 0 saturated heterocycles. The highest BCUT2D eigenvalue weighted by atomic mass is 16.5. The monoisotopic (exact) mass is 501 g/mol. The van der Waals surface area contributed by atoms with Crippen LogP contribution >= 0.6 is 0 Å². The Morgan fingerprint density at radius 3 is 2.35 bits per heavy atom. The second kappa shape index (κ2) is 10.0. The van der Waals surface area contributed by atoms with Gasteiger partial charge < -0.3 is 20.7 Å². The molecular weight excluding hydrogens is 466 g/mol. The summed E-state index contributed by atoms with van der Waals surface area (Å²) in [5, 5.41) is 8.18. The van der Waals surface area contributed by atoms with Crippen LogP contribution in [0.1, 0.15) is 71.6 Å². The fourth-order valence-corrected chi connectivity index (χ4v) is 5.44. The number of nitrogens with two attached hydrogens (primary N) is 1. The highest BCUT2D eigenvalue weighted by Gasteiger charge is 2.35. The summed E-state index contributed by atoms with van der Waals surface area (Å²) in [5.41, 5.74) is 9.42. The van der Waals surface area contributed by atoms with Gasteiger partial charge in [-0.25, -0.2) is 4.68 Å². The van der Waals surface area contributed by atoms with E-state index >= 15 is 0 Å². The number of carbonyl (C=O) groups excluding carboxylic acids is 2. The van der Waals surface area contributed by atoms with Gasteiger partial charge in [-0.2, -0.15) is 5.10 Å². The molecule has 0 atom stereocenters. The quantitative estimate of drug-likeness (QED) is 0.486. The Kier molecular flexibility index (Phi) is 6.77. The van der Waals surface area contributed by atoms with Crippen LogP contribution in [0.5, 0.6) is 5.75 Å². The Morgan fingerprint density at radius 2 is 1.73 bits per heavy atom. The van der Waals surface area contributed by atoms with Gasteiger partial charge in [-0.05, 0) is 61.2 Å². The van der Waals surface area contributed by atoms with Crippen molar-refractivity contribution in [2.75, 3.05) is 25.1 Å².